The van der Waals surface area contributed by atoms with Gasteiger partial charge in [-0.2, -0.15) is 5.26 Å². The standard InChI is InChI=1S/C20H19NO4/c1-23-11-12-25-19-10-6-15(13-20(19)24-2)5-9-18(22)17-7-3-16(14-21)4-8-17/h3-10,13H,11-12H2,1-2H3/b9-5+. The van der Waals surface area contributed by atoms with E-state index in [0.29, 0.717) is 35.8 Å². The minimum atomic E-state index is -0.135. The molecule has 2 aromatic rings. The van der Waals surface area contributed by atoms with E-state index >= 15 is 0 Å². The number of nitriles is 1. The highest BCUT2D eigenvalue weighted by molar-refractivity contribution is 6.06. The van der Waals surface area contributed by atoms with Gasteiger partial charge in [0.1, 0.15) is 6.61 Å². The number of ketones is 1. The summed E-state index contributed by atoms with van der Waals surface area (Å²) in [4.78, 5) is 12.2. The lowest BCUT2D eigenvalue weighted by atomic mass is 10.1. The zero-order valence-electron chi connectivity index (χ0n) is 14.2. The van der Waals surface area contributed by atoms with Gasteiger partial charge in [0, 0.05) is 12.7 Å². The second-order valence-electron chi connectivity index (χ2n) is 5.14. The minimum absolute atomic E-state index is 0.135. The third-order valence-corrected chi connectivity index (χ3v) is 3.46. The Morgan fingerprint density at radius 1 is 1.08 bits per heavy atom. The van der Waals surface area contributed by atoms with Gasteiger partial charge in [-0.15, -0.1) is 0 Å². The Bertz CT molecular complexity index is 788. The van der Waals surface area contributed by atoms with Crippen LogP contribution in [0.5, 0.6) is 11.5 Å². The molecule has 0 unspecified atom stereocenters. The molecule has 0 heterocycles. The molecule has 0 N–H and O–H groups in total. The van der Waals surface area contributed by atoms with E-state index < -0.39 is 0 Å². The van der Waals surface area contributed by atoms with E-state index in [4.69, 9.17) is 19.5 Å². The molecule has 2 rings (SSSR count). The average Bonchev–Trinajstić information content (AvgIpc) is 2.67. The van der Waals surface area contributed by atoms with Crippen molar-refractivity contribution in [3.8, 4) is 17.6 Å². The van der Waals surface area contributed by atoms with Crippen LogP contribution in [0.15, 0.2) is 48.5 Å². The van der Waals surface area contributed by atoms with Gasteiger partial charge < -0.3 is 14.2 Å². The lowest BCUT2D eigenvalue weighted by Gasteiger charge is -2.10. The number of carbonyl (C=O) groups is 1. The Kier molecular flexibility index (Phi) is 6.76. The lowest BCUT2D eigenvalue weighted by molar-refractivity contribution is 0.104. The van der Waals surface area contributed by atoms with Crippen molar-refractivity contribution in [3.05, 3.63) is 65.2 Å². The van der Waals surface area contributed by atoms with E-state index in [2.05, 4.69) is 0 Å². The molecule has 0 amide bonds. The van der Waals surface area contributed by atoms with Gasteiger partial charge in [-0.25, -0.2) is 0 Å². The van der Waals surface area contributed by atoms with E-state index in [1.807, 2.05) is 12.1 Å². The number of allylic oxidation sites excluding steroid dienone is 1. The molecule has 0 saturated heterocycles. The normalized spacial score (nSPS) is 10.4. The summed E-state index contributed by atoms with van der Waals surface area (Å²) in [5.41, 5.74) is 1.87. The first-order valence-corrected chi connectivity index (χ1v) is 7.70. The van der Waals surface area contributed by atoms with Gasteiger partial charge in [-0.3, -0.25) is 4.79 Å². The average molecular weight is 337 g/mol. The second kappa shape index (κ2) is 9.26. The van der Waals surface area contributed by atoms with Crippen molar-refractivity contribution in [3.63, 3.8) is 0 Å². The molecular formula is C20H19NO4. The fraction of sp³-hybridized carbons (Fsp3) is 0.200. The minimum Gasteiger partial charge on any atom is -0.493 e. The zero-order chi connectivity index (χ0) is 18.1. The lowest BCUT2D eigenvalue weighted by Crippen LogP contribution is -2.05. The van der Waals surface area contributed by atoms with Gasteiger partial charge >= 0.3 is 0 Å². The number of methoxy groups -OCH3 is 2. The number of hydrogen-bond acceptors (Lipinski definition) is 5. The van der Waals surface area contributed by atoms with Gasteiger partial charge in [0.25, 0.3) is 0 Å². The van der Waals surface area contributed by atoms with Crippen LogP contribution < -0.4 is 9.47 Å². The molecule has 0 aliphatic carbocycles. The van der Waals surface area contributed by atoms with Gasteiger partial charge in [0.2, 0.25) is 0 Å². The van der Waals surface area contributed by atoms with Crippen LogP contribution in [-0.2, 0) is 4.74 Å². The maximum absolute atomic E-state index is 12.2. The van der Waals surface area contributed by atoms with Crippen molar-refractivity contribution >= 4 is 11.9 Å². The Labute approximate surface area is 147 Å². The highest BCUT2D eigenvalue weighted by Gasteiger charge is 2.06. The predicted molar refractivity (Wildman–Crippen MR) is 94.9 cm³/mol. The molecule has 0 radical (unpaired) electrons. The van der Waals surface area contributed by atoms with Crippen LogP contribution in [-0.4, -0.2) is 33.2 Å². The van der Waals surface area contributed by atoms with Crippen LogP contribution in [0.1, 0.15) is 21.5 Å². The molecule has 5 heteroatoms. The fourth-order valence-corrected chi connectivity index (χ4v) is 2.12. The van der Waals surface area contributed by atoms with E-state index in [9.17, 15) is 4.79 Å². The van der Waals surface area contributed by atoms with Crippen molar-refractivity contribution in [2.75, 3.05) is 27.4 Å². The summed E-state index contributed by atoms with van der Waals surface area (Å²) < 4.78 is 15.8. The fourth-order valence-electron chi connectivity index (χ4n) is 2.12. The number of rotatable bonds is 8. The molecular weight excluding hydrogens is 318 g/mol. The van der Waals surface area contributed by atoms with Crippen molar-refractivity contribution in [1.29, 1.82) is 5.26 Å². The molecule has 0 fully saturated rings. The summed E-state index contributed by atoms with van der Waals surface area (Å²) in [5, 5.41) is 8.78. The topological polar surface area (TPSA) is 68.5 Å². The summed E-state index contributed by atoms with van der Waals surface area (Å²) in [5.74, 6) is 1.07. The largest absolute Gasteiger partial charge is 0.493 e. The third-order valence-electron chi connectivity index (χ3n) is 3.46. The SMILES string of the molecule is COCCOc1ccc(/C=C/C(=O)c2ccc(C#N)cc2)cc1OC. The van der Waals surface area contributed by atoms with Gasteiger partial charge in [-0.1, -0.05) is 12.1 Å². The molecule has 0 spiro atoms. The first-order valence-electron chi connectivity index (χ1n) is 7.70. The molecule has 0 aromatic heterocycles. The summed E-state index contributed by atoms with van der Waals surface area (Å²) >= 11 is 0. The summed E-state index contributed by atoms with van der Waals surface area (Å²) in [7, 11) is 3.17. The highest BCUT2D eigenvalue weighted by Crippen LogP contribution is 2.28. The smallest absolute Gasteiger partial charge is 0.185 e. The Balaban J connectivity index is 2.09. The Morgan fingerprint density at radius 3 is 2.48 bits per heavy atom. The predicted octanol–water partition coefficient (Wildman–Crippen LogP) is 3.49. The van der Waals surface area contributed by atoms with Gasteiger partial charge in [-0.05, 0) is 48.0 Å². The number of carbonyl (C=O) groups excluding carboxylic acids is 1. The molecule has 0 aliphatic rings. The molecule has 128 valence electrons. The Morgan fingerprint density at radius 2 is 1.84 bits per heavy atom. The van der Waals surface area contributed by atoms with E-state index in [1.165, 1.54) is 6.08 Å². The monoisotopic (exact) mass is 337 g/mol. The summed E-state index contributed by atoms with van der Waals surface area (Å²) in [6.07, 6.45) is 3.20. The molecule has 5 nitrogen and oxygen atoms in total. The maximum atomic E-state index is 12.2. The molecule has 0 aliphatic heterocycles. The van der Waals surface area contributed by atoms with Crippen LogP contribution in [0.3, 0.4) is 0 Å². The molecule has 25 heavy (non-hydrogen) atoms. The number of ether oxygens (including phenoxy) is 3. The van der Waals surface area contributed by atoms with E-state index in [0.717, 1.165) is 5.56 Å². The highest BCUT2D eigenvalue weighted by atomic mass is 16.5. The van der Waals surface area contributed by atoms with Crippen LogP contribution in [0, 0.1) is 11.3 Å². The molecule has 0 saturated carbocycles. The summed E-state index contributed by atoms with van der Waals surface area (Å²) in [6, 6.07) is 14.0. The molecule has 2 aromatic carbocycles. The van der Waals surface area contributed by atoms with E-state index in [-0.39, 0.29) is 5.78 Å². The quantitative estimate of drug-likeness (QED) is 0.419. The first-order chi connectivity index (χ1) is 12.2. The molecule has 0 bridgehead atoms. The zero-order valence-corrected chi connectivity index (χ0v) is 14.2. The van der Waals surface area contributed by atoms with Crippen LogP contribution >= 0.6 is 0 Å². The number of hydrogen-bond donors (Lipinski definition) is 0. The van der Waals surface area contributed by atoms with Crippen molar-refractivity contribution in [1.82, 2.24) is 0 Å². The van der Waals surface area contributed by atoms with E-state index in [1.54, 1.807) is 56.7 Å². The van der Waals surface area contributed by atoms with Crippen LogP contribution in [0.2, 0.25) is 0 Å². The van der Waals surface area contributed by atoms with Crippen molar-refractivity contribution < 1.29 is 19.0 Å². The van der Waals surface area contributed by atoms with Crippen molar-refractivity contribution in [2.24, 2.45) is 0 Å². The molecule has 0 atom stereocenters. The van der Waals surface area contributed by atoms with Crippen LogP contribution in [0.4, 0.5) is 0 Å². The Hall–Kier alpha value is -3.10. The first kappa shape index (κ1) is 18.2. The maximum Gasteiger partial charge on any atom is 0.185 e. The van der Waals surface area contributed by atoms with Crippen molar-refractivity contribution in [2.45, 2.75) is 0 Å². The number of benzene rings is 2. The number of nitrogens with zero attached hydrogens (tertiary/aromatic N) is 1. The second-order valence-corrected chi connectivity index (χ2v) is 5.14. The van der Waals surface area contributed by atoms with Gasteiger partial charge in [0.05, 0.1) is 25.3 Å². The summed E-state index contributed by atoms with van der Waals surface area (Å²) in [6.45, 7) is 0.920. The third kappa shape index (κ3) is 5.20. The van der Waals surface area contributed by atoms with Crippen LogP contribution in [0.25, 0.3) is 6.08 Å². The van der Waals surface area contributed by atoms with Gasteiger partial charge in [0.15, 0.2) is 17.3 Å².